The van der Waals surface area contributed by atoms with Crippen LogP contribution in [0.2, 0.25) is 0 Å². The van der Waals surface area contributed by atoms with Crippen LogP contribution in [0.3, 0.4) is 0 Å². The van der Waals surface area contributed by atoms with E-state index in [0.717, 1.165) is 23.3 Å². The molecule has 0 spiro atoms. The summed E-state index contributed by atoms with van der Waals surface area (Å²) in [7, 11) is 0. The molecule has 2 heterocycles. The van der Waals surface area contributed by atoms with E-state index in [1.54, 1.807) is 17.2 Å². The molecule has 0 saturated carbocycles. The highest BCUT2D eigenvalue weighted by Gasteiger charge is 2.31. The molecule has 4 rings (SSSR count). The predicted octanol–water partition coefficient (Wildman–Crippen LogP) is 3.98. The Morgan fingerprint density at radius 2 is 1.72 bits per heavy atom. The maximum Gasteiger partial charge on any atom is 0.416 e. The van der Waals surface area contributed by atoms with E-state index in [-0.39, 0.29) is 6.03 Å². The van der Waals surface area contributed by atoms with Crippen LogP contribution in [-0.2, 0) is 19.3 Å². The van der Waals surface area contributed by atoms with E-state index >= 15 is 0 Å². The first-order valence-corrected chi connectivity index (χ1v) is 10.4. The Bertz CT molecular complexity index is 1040. The molecule has 9 heteroatoms. The number of aromatic nitrogens is 2. The topological polar surface area (TPSA) is 53.4 Å². The van der Waals surface area contributed by atoms with E-state index in [0.29, 0.717) is 45.0 Å². The molecule has 3 aromatic rings. The van der Waals surface area contributed by atoms with E-state index in [1.807, 2.05) is 46.1 Å². The van der Waals surface area contributed by atoms with E-state index in [1.165, 1.54) is 6.07 Å². The summed E-state index contributed by atoms with van der Waals surface area (Å²) in [5.74, 6) is 0. The number of carbonyl (C=O) groups is 1. The van der Waals surface area contributed by atoms with Crippen LogP contribution in [0.25, 0.3) is 0 Å². The van der Waals surface area contributed by atoms with Gasteiger partial charge in [-0.15, -0.1) is 0 Å². The van der Waals surface area contributed by atoms with Gasteiger partial charge in [0, 0.05) is 50.8 Å². The lowest BCUT2D eigenvalue weighted by molar-refractivity contribution is -0.137. The summed E-state index contributed by atoms with van der Waals surface area (Å²) in [6.07, 6.45) is -0.738. The van der Waals surface area contributed by atoms with Crippen LogP contribution in [0.4, 0.5) is 23.7 Å². The average Bonchev–Trinajstić information content (AvgIpc) is 3.30. The van der Waals surface area contributed by atoms with Crippen LogP contribution in [0.15, 0.2) is 67.0 Å². The van der Waals surface area contributed by atoms with Crippen LogP contribution in [-0.4, -0.2) is 46.9 Å². The highest BCUT2D eigenvalue weighted by Crippen LogP contribution is 2.31. The second-order valence-electron chi connectivity index (χ2n) is 7.70. The highest BCUT2D eigenvalue weighted by atomic mass is 19.4. The van der Waals surface area contributed by atoms with Gasteiger partial charge in [-0.05, 0) is 35.4 Å². The van der Waals surface area contributed by atoms with Gasteiger partial charge in [-0.1, -0.05) is 30.3 Å². The summed E-state index contributed by atoms with van der Waals surface area (Å²) >= 11 is 0. The third-order valence-electron chi connectivity index (χ3n) is 5.44. The Balaban J connectivity index is 1.28. The number of anilines is 1. The van der Waals surface area contributed by atoms with Gasteiger partial charge in [0.25, 0.3) is 0 Å². The minimum Gasteiger partial charge on any atom is -0.368 e. The summed E-state index contributed by atoms with van der Waals surface area (Å²) in [6, 6.07) is 15.0. The maximum absolute atomic E-state index is 13.0. The quantitative estimate of drug-likeness (QED) is 0.649. The minimum absolute atomic E-state index is 0.175. The Hall–Kier alpha value is -3.49. The number of rotatable bonds is 5. The molecule has 0 atom stereocenters. The molecule has 1 fully saturated rings. The molecule has 2 amide bonds. The number of piperazine rings is 1. The zero-order valence-corrected chi connectivity index (χ0v) is 17.4. The molecule has 32 heavy (non-hydrogen) atoms. The van der Waals surface area contributed by atoms with Crippen molar-refractivity contribution in [3.05, 3.63) is 83.7 Å². The van der Waals surface area contributed by atoms with Gasteiger partial charge < -0.3 is 15.1 Å². The molecule has 6 nitrogen and oxygen atoms in total. The molecule has 2 aromatic carbocycles. The first-order valence-electron chi connectivity index (χ1n) is 10.4. The third kappa shape index (κ3) is 5.40. The number of benzene rings is 2. The summed E-state index contributed by atoms with van der Waals surface area (Å²) in [6.45, 7) is 2.91. The lowest BCUT2D eigenvalue weighted by Gasteiger charge is -2.36. The fourth-order valence-corrected chi connectivity index (χ4v) is 3.76. The monoisotopic (exact) mass is 443 g/mol. The van der Waals surface area contributed by atoms with E-state index in [4.69, 9.17) is 0 Å². The standard InChI is InChI=1S/C23H24F3N5O/c24-23(25,26)20-6-2-7-21(15-20)29-10-12-30(13-11-29)22(32)27-16-18-4-1-5-19(14-18)17-31-9-3-8-28-31/h1-9,14-15H,10-13,16-17H2,(H,27,32). The number of nitrogens with one attached hydrogen (secondary N) is 1. The van der Waals surface area contributed by atoms with Crippen molar-refractivity contribution in [1.82, 2.24) is 20.0 Å². The Kier molecular flexibility index (Phi) is 6.34. The predicted molar refractivity (Wildman–Crippen MR) is 115 cm³/mol. The van der Waals surface area contributed by atoms with Gasteiger partial charge in [0.15, 0.2) is 0 Å². The van der Waals surface area contributed by atoms with Gasteiger partial charge in [0.05, 0.1) is 12.1 Å². The summed E-state index contributed by atoms with van der Waals surface area (Å²) in [5.41, 5.74) is 1.94. The van der Waals surface area contributed by atoms with Crippen molar-refractivity contribution < 1.29 is 18.0 Å². The van der Waals surface area contributed by atoms with Gasteiger partial charge in [-0.25, -0.2) is 4.79 Å². The Morgan fingerprint density at radius 3 is 2.44 bits per heavy atom. The van der Waals surface area contributed by atoms with Crippen LogP contribution < -0.4 is 10.2 Å². The summed E-state index contributed by atoms with van der Waals surface area (Å²) in [4.78, 5) is 16.1. The number of urea groups is 1. The number of carbonyl (C=O) groups excluding carboxylic acids is 1. The van der Waals surface area contributed by atoms with Crippen LogP contribution >= 0.6 is 0 Å². The van der Waals surface area contributed by atoms with Gasteiger partial charge in [-0.3, -0.25) is 4.68 Å². The smallest absolute Gasteiger partial charge is 0.368 e. The SMILES string of the molecule is O=C(NCc1cccc(Cn2cccn2)c1)N1CCN(c2cccc(C(F)(F)F)c2)CC1. The lowest BCUT2D eigenvalue weighted by Crippen LogP contribution is -2.51. The van der Waals surface area contributed by atoms with Gasteiger partial charge in [0.2, 0.25) is 0 Å². The van der Waals surface area contributed by atoms with Crippen molar-refractivity contribution >= 4 is 11.7 Å². The molecule has 1 N–H and O–H groups in total. The number of hydrogen-bond acceptors (Lipinski definition) is 3. The van der Waals surface area contributed by atoms with Crippen LogP contribution in [0.5, 0.6) is 0 Å². The summed E-state index contributed by atoms with van der Waals surface area (Å²) in [5, 5.41) is 7.14. The fraction of sp³-hybridized carbons (Fsp3) is 0.304. The number of amides is 2. The molecule has 1 aliphatic heterocycles. The number of nitrogens with zero attached hydrogens (tertiary/aromatic N) is 4. The average molecular weight is 443 g/mol. The molecule has 168 valence electrons. The van der Waals surface area contributed by atoms with Crippen molar-refractivity contribution in [2.24, 2.45) is 0 Å². The molecule has 1 saturated heterocycles. The van der Waals surface area contributed by atoms with E-state index in [2.05, 4.69) is 10.4 Å². The Morgan fingerprint density at radius 1 is 0.969 bits per heavy atom. The maximum atomic E-state index is 13.0. The zero-order valence-electron chi connectivity index (χ0n) is 17.4. The molecular formula is C23H24F3N5O. The normalized spacial score (nSPS) is 14.5. The number of alkyl halides is 3. The fourth-order valence-electron chi connectivity index (χ4n) is 3.76. The number of hydrogen-bond donors (Lipinski definition) is 1. The van der Waals surface area contributed by atoms with Crippen LogP contribution in [0.1, 0.15) is 16.7 Å². The molecule has 0 bridgehead atoms. The first kappa shape index (κ1) is 21.7. The molecule has 1 aromatic heterocycles. The van der Waals surface area contributed by atoms with Crippen molar-refractivity contribution in [3.63, 3.8) is 0 Å². The van der Waals surface area contributed by atoms with Crippen LogP contribution in [0, 0.1) is 0 Å². The van der Waals surface area contributed by atoms with Crippen molar-refractivity contribution in [3.8, 4) is 0 Å². The van der Waals surface area contributed by atoms with Gasteiger partial charge in [0.1, 0.15) is 0 Å². The first-order chi connectivity index (χ1) is 15.4. The van der Waals surface area contributed by atoms with Crippen molar-refractivity contribution in [2.75, 3.05) is 31.1 Å². The molecule has 0 radical (unpaired) electrons. The second-order valence-corrected chi connectivity index (χ2v) is 7.70. The van der Waals surface area contributed by atoms with Crippen molar-refractivity contribution in [1.29, 1.82) is 0 Å². The van der Waals surface area contributed by atoms with Gasteiger partial charge in [-0.2, -0.15) is 18.3 Å². The second kappa shape index (κ2) is 9.33. The lowest BCUT2D eigenvalue weighted by atomic mass is 10.1. The summed E-state index contributed by atoms with van der Waals surface area (Å²) < 4.78 is 40.7. The Labute approximate surface area is 184 Å². The zero-order chi connectivity index (χ0) is 22.6. The molecular weight excluding hydrogens is 419 g/mol. The highest BCUT2D eigenvalue weighted by molar-refractivity contribution is 5.74. The van der Waals surface area contributed by atoms with E-state index in [9.17, 15) is 18.0 Å². The molecule has 0 aliphatic carbocycles. The third-order valence-corrected chi connectivity index (χ3v) is 5.44. The largest absolute Gasteiger partial charge is 0.416 e. The van der Waals surface area contributed by atoms with E-state index < -0.39 is 11.7 Å². The van der Waals surface area contributed by atoms with Gasteiger partial charge >= 0.3 is 12.2 Å². The number of halogens is 3. The molecule has 1 aliphatic rings. The minimum atomic E-state index is -4.37. The van der Waals surface area contributed by atoms with Crippen molar-refractivity contribution in [2.45, 2.75) is 19.3 Å². The molecule has 0 unspecified atom stereocenters.